The highest BCUT2D eigenvalue weighted by atomic mass is 32.1. The van der Waals surface area contributed by atoms with Gasteiger partial charge in [0.2, 0.25) is 0 Å². The third-order valence-corrected chi connectivity index (χ3v) is 3.47. The van der Waals surface area contributed by atoms with Crippen LogP contribution in [-0.4, -0.2) is 37.3 Å². The van der Waals surface area contributed by atoms with E-state index in [1.54, 1.807) is 0 Å². The van der Waals surface area contributed by atoms with E-state index < -0.39 is 8.07 Å². The molecule has 0 spiro atoms. The Kier molecular flexibility index (Phi) is 4.92. The number of thiocarbonyl (C=S) groups is 1. The Hall–Kier alpha value is -0.0931. The van der Waals surface area contributed by atoms with Gasteiger partial charge in [0.15, 0.2) is 5.11 Å². The van der Waals surface area contributed by atoms with Crippen molar-refractivity contribution in [3.8, 4) is 0 Å². The van der Waals surface area contributed by atoms with Gasteiger partial charge in [-0.1, -0.05) is 19.6 Å². The molecule has 13 heavy (non-hydrogen) atoms. The maximum absolute atomic E-state index is 5.26. The highest BCUT2D eigenvalue weighted by Crippen LogP contribution is 2.08. The van der Waals surface area contributed by atoms with Crippen molar-refractivity contribution in [2.45, 2.75) is 39.5 Å². The Morgan fingerprint density at radius 3 is 2.08 bits per heavy atom. The minimum atomic E-state index is -1.06. The third-order valence-electron chi connectivity index (χ3n) is 1.74. The topological polar surface area (TPSA) is 15.3 Å². The van der Waals surface area contributed by atoms with Crippen molar-refractivity contribution in [3.05, 3.63) is 0 Å². The monoisotopic (exact) mass is 218 g/mol. The van der Waals surface area contributed by atoms with Crippen molar-refractivity contribution in [2.75, 3.05) is 13.2 Å². The van der Waals surface area contributed by atoms with Crippen molar-refractivity contribution in [3.63, 3.8) is 0 Å². The van der Waals surface area contributed by atoms with E-state index in [1.165, 1.54) is 0 Å². The molecule has 0 unspecified atom stereocenters. The first-order valence-electron chi connectivity index (χ1n) is 4.76. The van der Waals surface area contributed by atoms with Gasteiger partial charge in [-0.15, -0.1) is 0 Å². The first kappa shape index (κ1) is 12.9. The average molecular weight is 218 g/mol. The smallest absolute Gasteiger partial charge is 0.168 e. The molecule has 0 heterocycles. The summed E-state index contributed by atoms with van der Waals surface area (Å²) in [7, 11) is 0.827. The van der Waals surface area contributed by atoms with Gasteiger partial charge in [-0.05, 0) is 26.1 Å². The fourth-order valence-corrected chi connectivity index (χ4v) is 3.08. The highest BCUT2D eigenvalue weighted by Gasteiger charge is 2.21. The van der Waals surface area contributed by atoms with E-state index in [0.29, 0.717) is 6.04 Å². The van der Waals surface area contributed by atoms with Crippen molar-refractivity contribution in [1.29, 1.82) is 0 Å². The van der Waals surface area contributed by atoms with E-state index in [4.69, 9.17) is 12.2 Å². The maximum Gasteiger partial charge on any atom is 0.168 e. The van der Waals surface area contributed by atoms with E-state index in [2.05, 4.69) is 43.7 Å². The SMILES string of the molecule is CNC(=S)N(C[Si](C)(C)C)C(C)C. The molecule has 0 rings (SSSR count). The largest absolute Gasteiger partial charge is 0.366 e. The molecule has 4 heteroatoms. The molecule has 0 saturated carbocycles. The number of hydrogen-bond donors (Lipinski definition) is 1. The first-order valence-corrected chi connectivity index (χ1v) is 8.88. The van der Waals surface area contributed by atoms with Crippen molar-refractivity contribution in [2.24, 2.45) is 0 Å². The van der Waals surface area contributed by atoms with Gasteiger partial charge >= 0.3 is 0 Å². The van der Waals surface area contributed by atoms with E-state index in [9.17, 15) is 0 Å². The zero-order chi connectivity index (χ0) is 10.6. The van der Waals surface area contributed by atoms with Crippen molar-refractivity contribution < 1.29 is 0 Å². The van der Waals surface area contributed by atoms with E-state index in [-0.39, 0.29) is 0 Å². The maximum atomic E-state index is 5.26. The van der Waals surface area contributed by atoms with Crippen LogP contribution in [0.5, 0.6) is 0 Å². The Labute approximate surface area is 88.7 Å². The summed E-state index contributed by atoms with van der Waals surface area (Å²) in [6, 6.07) is 0.492. The van der Waals surface area contributed by atoms with Crippen molar-refractivity contribution >= 4 is 25.4 Å². The van der Waals surface area contributed by atoms with Gasteiger partial charge in [0.05, 0.1) is 8.07 Å². The molecule has 0 aromatic heterocycles. The zero-order valence-electron chi connectivity index (χ0n) is 9.64. The Bertz CT molecular complexity index is 175. The lowest BCUT2D eigenvalue weighted by Crippen LogP contribution is -2.50. The molecule has 0 bridgehead atoms. The van der Waals surface area contributed by atoms with Crippen LogP contribution in [0.25, 0.3) is 0 Å². The van der Waals surface area contributed by atoms with Crippen molar-refractivity contribution in [1.82, 2.24) is 10.2 Å². The first-order chi connectivity index (χ1) is 5.78. The predicted molar refractivity (Wildman–Crippen MR) is 66.8 cm³/mol. The van der Waals surface area contributed by atoms with Gasteiger partial charge in [-0.25, -0.2) is 0 Å². The van der Waals surface area contributed by atoms with Crippen LogP contribution in [-0.2, 0) is 0 Å². The van der Waals surface area contributed by atoms with Crippen LogP contribution < -0.4 is 5.32 Å². The summed E-state index contributed by atoms with van der Waals surface area (Å²) in [5.74, 6) is 0. The third kappa shape index (κ3) is 5.26. The van der Waals surface area contributed by atoms with Crippen LogP contribution in [0.2, 0.25) is 19.6 Å². The molecule has 0 fully saturated rings. The fraction of sp³-hybridized carbons (Fsp3) is 0.889. The number of rotatable bonds is 3. The Morgan fingerprint density at radius 1 is 1.38 bits per heavy atom. The summed E-state index contributed by atoms with van der Waals surface area (Å²) >= 11 is 5.26. The lowest BCUT2D eigenvalue weighted by atomic mass is 10.4. The van der Waals surface area contributed by atoms with E-state index in [1.807, 2.05) is 7.05 Å². The van der Waals surface area contributed by atoms with Crippen LogP contribution in [0.3, 0.4) is 0 Å². The molecule has 0 aromatic carbocycles. The molecule has 1 N–H and O–H groups in total. The van der Waals surface area contributed by atoms with Crippen LogP contribution in [0.15, 0.2) is 0 Å². The van der Waals surface area contributed by atoms with Gasteiger partial charge in [-0.3, -0.25) is 0 Å². The molecule has 0 radical (unpaired) electrons. The quantitative estimate of drug-likeness (QED) is 0.577. The zero-order valence-corrected chi connectivity index (χ0v) is 11.5. The van der Waals surface area contributed by atoms with Crippen LogP contribution in [0.1, 0.15) is 13.8 Å². The minimum absolute atomic E-state index is 0.492. The molecule has 2 nitrogen and oxygen atoms in total. The standard InChI is InChI=1S/C9H22N2SSi/c1-8(2)11(9(12)10-3)7-13(4,5)6/h8H,7H2,1-6H3,(H,10,12). The van der Waals surface area contributed by atoms with Gasteiger partial charge in [-0.2, -0.15) is 0 Å². The van der Waals surface area contributed by atoms with E-state index >= 15 is 0 Å². The number of nitrogens with one attached hydrogen (secondary N) is 1. The predicted octanol–water partition coefficient (Wildman–Crippen LogP) is 2.08. The minimum Gasteiger partial charge on any atom is -0.366 e. The van der Waals surface area contributed by atoms with Gasteiger partial charge in [0.1, 0.15) is 0 Å². The van der Waals surface area contributed by atoms with Crippen LogP contribution in [0.4, 0.5) is 0 Å². The van der Waals surface area contributed by atoms with Gasteiger partial charge < -0.3 is 10.2 Å². The van der Waals surface area contributed by atoms with E-state index in [0.717, 1.165) is 11.3 Å². The molecule has 78 valence electrons. The lowest BCUT2D eigenvalue weighted by molar-refractivity contribution is 0.390. The molecule has 0 saturated heterocycles. The molecule has 0 atom stereocenters. The van der Waals surface area contributed by atoms with Gasteiger partial charge in [0, 0.05) is 19.3 Å². The number of nitrogens with zero attached hydrogens (tertiary/aromatic N) is 1. The Balaban J connectivity index is 4.36. The van der Waals surface area contributed by atoms with Crippen LogP contribution >= 0.6 is 12.2 Å². The van der Waals surface area contributed by atoms with Gasteiger partial charge in [0.25, 0.3) is 0 Å². The summed E-state index contributed by atoms with van der Waals surface area (Å²) in [6.45, 7) is 11.5. The fourth-order valence-electron chi connectivity index (χ4n) is 1.14. The van der Waals surface area contributed by atoms with Crippen LogP contribution in [0, 0.1) is 0 Å². The second kappa shape index (κ2) is 4.96. The Morgan fingerprint density at radius 2 is 1.85 bits per heavy atom. The normalized spacial score (nSPS) is 11.6. The lowest BCUT2D eigenvalue weighted by Gasteiger charge is -2.33. The highest BCUT2D eigenvalue weighted by molar-refractivity contribution is 7.80. The molecule has 0 aliphatic rings. The molecular formula is C9H22N2SSi. The number of hydrogen-bond acceptors (Lipinski definition) is 1. The average Bonchev–Trinajstić information content (AvgIpc) is 1.96. The second-order valence-corrected chi connectivity index (χ2v) is 10.7. The molecule has 0 aliphatic heterocycles. The summed E-state index contributed by atoms with van der Waals surface area (Å²) in [4.78, 5) is 2.28. The molecule has 0 aromatic rings. The molecule has 0 amide bonds. The second-order valence-electron chi connectivity index (χ2n) is 4.84. The summed E-state index contributed by atoms with van der Waals surface area (Å²) < 4.78 is 0. The molecular weight excluding hydrogens is 196 g/mol. The summed E-state index contributed by atoms with van der Waals surface area (Å²) in [5.41, 5.74) is 0. The summed E-state index contributed by atoms with van der Waals surface area (Å²) in [6.07, 6.45) is 1.13. The summed E-state index contributed by atoms with van der Waals surface area (Å²) in [5, 5.41) is 3.92. The molecule has 0 aliphatic carbocycles.